The largest absolute Gasteiger partial charge is 0.494 e. The van der Waals surface area contributed by atoms with Crippen LogP contribution in [0.4, 0.5) is 5.69 Å². The number of hydrogen-bond donors (Lipinski definition) is 1. The molecule has 0 radical (unpaired) electrons. The number of sulfonamides is 1. The van der Waals surface area contributed by atoms with Gasteiger partial charge in [0.2, 0.25) is 0 Å². The molecule has 1 aliphatic rings. The Bertz CT molecular complexity index is 979. The molecule has 3 rings (SSSR count). The van der Waals surface area contributed by atoms with Crippen LogP contribution in [0.3, 0.4) is 0 Å². The van der Waals surface area contributed by atoms with E-state index in [1.54, 1.807) is 29.2 Å². The van der Waals surface area contributed by atoms with Gasteiger partial charge in [0.05, 0.1) is 34.8 Å². The zero-order valence-corrected chi connectivity index (χ0v) is 17.8. The molecule has 0 spiro atoms. The SMILES string of the molecule is CCOc1ccc(NS(=O)(=O)c2ccc(Cl)c(C(=O)N3CCOC(C)C3)c2)cc1. The lowest BCUT2D eigenvalue weighted by molar-refractivity contribution is -0.0124. The first-order chi connectivity index (χ1) is 13.8. The van der Waals surface area contributed by atoms with Crippen molar-refractivity contribution in [3.05, 3.63) is 53.1 Å². The number of morpholine rings is 1. The van der Waals surface area contributed by atoms with Crippen molar-refractivity contribution in [1.82, 2.24) is 4.90 Å². The van der Waals surface area contributed by atoms with Crippen LogP contribution in [0.2, 0.25) is 5.02 Å². The number of carbonyl (C=O) groups excluding carboxylic acids is 1. The summed E-state index contributed by atoms with van der Waals surface area (Å²) in [7, 11) is -3.90. The van der Waals surface area contributed by atoms with Gasteiger partial charge < -0.3 is 14.4 Å². The minimum atomic E-state index is -3.90. The van der Waals surface area contributed by atoms with Crippen LogP contribution in [-0.4, -0.2) is 51.6 Å². The molecular formula is C20H23ClN2O5S. The molecule has 1 N–H and O–H groups in total. The average molecular weight is 439 g/mol. The molecule has 2 aromatic carbocycles. The number of carbonyl (C=O) groups is 1. The molecule has 0 saturated carbocycles. The Labute approximate surface area is 175 Å². The molecule has 1 atom stereocenters. The Balaban J connectivity index is 1.82. The van der Waals surface area contributed by atoms with Crippen LogP contribution in [0.5, 0.6) is 5.75 Å². The van der Waals surface area contributed by atoms with Gasteiger partial charge in [0.1, 0.15) is 5.75 Å². The average Bonchev–Trinajstić information content (AvgIpc) is 2.69. The highest BCUT2D eigenvalue weighted by molar-refractivity contribution is 7.92. The van der Waals surface area contributed by atoms with Gasteiger partial charge in [0, 0.05) is 18.8 Å². The van der Waals surface area contributed by atoms with Crippen molar-refractivity contribution in [1.29, 1.82) is 0 Å². The van der Waals surface area contributed by atoms with Crippen LogP contribution in [0.15, 0.2) is 47.4 Å². The van der Waals surface area contributed by atoms with E-state index >= 15 is 0 Å². The molecule has 1 saturated heterocycles. The molecule has 2 aromatic rings. The summed E-state index contributed by atoms with van der Waals surface area (Å²) in [6.07, 6.45) is -0.0836. The molecule has 9 heteroatoms. The Kier molecular flexibility index (Phi) is 6.66. The predicted molar refractivity (Wildman–Crippen MR) is 111 cm³/mol. The summed E-state index contributed by atoms with van der Waals surface area (Å²) >= 11 is 6.20. The van der Waals surface area contributed by atoms with Crippen LogP contribution >= 0.6 is 11.6 Å². The van der Waals surface area contributed by atoms with Crippen molar-refractivity contribution in [2.75, 3.05) is 31.0 Å². The van der Waals surface area contributed by atoms with Crippen LogP contribution < -0.4 is 9.46 Å². The maximum absolute atomic E-state index is 12.9. The van der Waals surface area contributed by atoms with E-state index in [2.05, 4.69) is 4.72 Å². The molecule has 29 heavy (non-hydrogen) atoms. The third kappa shape index (κ3) is 5.20. The molecule has 1 fully saturated rings. The molecule has 0 aromatic heterocycles. The quantitative estimate of drug-likeness (QED) is 0.747. The summed E-state index contributed by atoms with van der Waals surface area (Å²) in [5, 5.41) is 0.203. The maximum Gasteiger partial charge on any atom is 0.261 e. The Morgan fingerprint density at radius 2 is 2.00 bits per heavy atom. The van der Waals surface area contributed by atoms with Gasteiger partial charge in [-0.2, -0.15) is 0 Å². The van der Waals surface area contributed by atoms with E-state index in [0.717, 1.165) is 0 Å². The summed E-state index contributed by atoms with van der Waals surface area (Å²) in [5.74, 6) is 0.331. The molecule has 156 valence electrons. The summed E-state index contributed by atoms with van der Waals surface area (Å²) in [4.78, 5) is 14.4. The van der Waals surface area contributed by atoms with Crippen LogP contribution in [-0.2, 0) is 14.8 Å². The molecule has 0 aliphatic carbocycles. The number of anilines is 1. The van der Waals surface area contributed by atoms with Gasteiger partial charge in [-0.3, -0.25) is 9.52 Å². The molecule has 1 aliphatic heterocycles. The van der Waals surface area contributed by atoms with Gasteiger partial charge >= 0.3 is 0 Å². The number of rotatable bonds is 6. The van der Waals surface area contributed by atoms with Crippen molar-refractivity contribution >= 4 is 33.2 Å². The van der Waals surface area contributed by atoms with Crippen molar-refractivity contribution in [2.24, 2.45) is 0 Å². The summed E-state index contributed by atoms with van der Waals surface area (Å²) in [6.45, 7) is 5.56. The fraction of sp³-hybridized carbons (Fsp3) is 0.350. The summed E-state index contributed by atoms with van der Waals surface area (Å²) in [5.41, 5.74) is 0.536. The second-order valence-electron chi connectivity index (χ2n) is 6.64. The lowest BCUT2D eigenvalue weighted by atomic mass is 10.1. The van der Waals surface area contributed by atoms with Crippen molar-refractivity contribution in [2.45, 2.75) is 24.8 Å². The summed E-state index contributed by atoms with van der Waals surface area (Å²) < 4.78 is 38.9. The number of benzene rings is 2. The van der Waals surface area contributed by atoms with Gasteiger partial charge in [-0.05, 0) is 56.3 Å². The molecular weight excluding hydrogens is 416 g/mol. The minimum absolute atomic E-state index is 0.0413. The number of amides is 1. The zero-order valence-electron chi connectivity index (χ0n) is 16.2. The highest BCUT2D eigenvalue weighted by atomic mass is 35.5. The fourth-order valence-corrected chi connectivity index (χ4v) is 4.29. The first-order valence-electron chi connectivity index (χ1n) is 9.26. The van der Waals surface area contributed by atoms with Crippen LogP contribution in [0.25, 0.3) is 0 Å². The molecule has 0 bridgehead atoms. The number of hydrogen-bond acceptors (Lipinski definition) is 5. The normalized spacial score (nSPS) is 17.1. The first kappa shape index (κ1) is 21.4. The standard InChI is InChI=1S/C20H23ClN2O5S/c1-3-27-16-6-4-15(5-7-16)22-29(25,26)17-8-9-19(21)18(12-17)20(24)23-10-11-28-14(2)13-23/h4-9,12,14,22H,3,10-11,13H2,1-2H3. The Morgan fingerprint density at radius 1 is 1.28 bits per heavy atom. The molecule has 1 unspecified atom stereocenters. The van der Waals surface area contributed by atoms with E-state index in [4.69, 9.17) is 21.1 Å². The van der Waals surface area contributed by atoms with Gasteiger partial charge in [-0.15, -0.1) is 0 Å². The number of halogens is 1. The highest BCUT2D eigenvalue weighted by Gasteiger charge is 2.26. The number of nitrogens with zero attached hydrogens (tertiary/aromatic N) is 1. The van der Waals surface area contributed by atoms with E-state index in [1.807, 2.05) is 13.8 Å². The topological polar surface area (TPSA) is 84.9 Å². The van der Waals surface area contributed by atoms with Gasteiger partial charge in [-0.1, -0.05) is 11.6 Å². The Morgan fingerprint density at radius 3 is 2.66 bits per heavy atom. The molecule has 1 amide bonds. The second-order valence-corrected chi connectivity index (χ2v) is 8.73. The smallest absolute Gasteiger partial charge is 0.261 e. The van der Waals surface area contributed by atoms with E-state index in [1.165, 1.54) is 18.2 Å². The van der Waals surface area contributed by atoms with Crippen molar-refractivity contribution in [3.8, 4) is 5.75 Å². The van der Waals surface area contributed by atoms with Gasteiger partial charge in [0.25, 0.3) is 15.9 Å². The summed E-state index contributed by atoms with van der Waals surface area (Å²) in [6, 6.07) is 10.7. The van der Waals surface area contributed by atoms with Crippen molar-refractivity contribution < 1.29 is 22.7 Å². The van der Waals surface area contributed by atoms with Crippen LogP contribution in [0.1, 0.15) is 24.2 Å². The lowest BCUT2D eigenvalue weighted by Gasteiger charge is -2.31. The van der Waals surface area contributed by atoms with Crippen molar-refractivity contribution in [3.63, 3.8) is 0 Å². The zero-order chi connectivity index (χ0) is 21.0. The van der Waals surface area contributed by atoms with Gasteiger partial charge in [-0.25, -0.2) is 8.42 Å². The maximum atomic E-state index is 12.9. The van der Waals surface area contributed by atoms with E-state index in [9.17, 15) is 13.2 Å². The third-order valence-corrected chi connectivity index (χ3v) is 6.13. The molecule has 1 heterocycles. The lowest BCUT2D eigenvalue weighted by Crippen LogP contribution is -2.44. The Hall–Kier alpha value is -2.29. The van der Waals surface area contributed by atoms with E-state index in [-0.39, 0.29) is 27.5 Å². The number of ether oxygens (including phenoxy) is 2. The molecule has 7 nitrogen and oxygen atoms in total. The minimum Gasteiger partial charge on any atom is -0.494 e. The highest BCUT2D eigenvalue weighted by Crippen LogP contribution is 2.25. The van der Waals surface area contributed by atoms with Crippen LogP contribution in [0, 0.1) is 0 Å². The predicted octanol–water partition coefficient (Wildman–Crippen LogP) is 3.40. The first-order valence-corrected chi connectivity index (χ1v) is 11.1. The van der Waals surface area contributed by atoms with Gasteiger partial charge in [0.15, 0.2) is 0 Å². The third-order valence-electron chi connectivity index (χ3n) is 4.42. The second kappa shape index (κ2) is 9.02. The monoisotopic (exact) mass is 438 g/mol. The van der Waals surface area contributed by atoms with E-state index < -0.39 is 10.0 Å². The number of nitrogens with one attached hydrogen (secondary N) is 1. The van der Waals surface area contributed by atoms with E-state index in [0.29, 0.717) is 37.7 Å². The fourth-order valence-electron chi connectivity index (χ4n) is 3.01.